The van der Waals surface area contributed by atoms with E-state index in [-0.39, 0.29) is 5.78 Å². The largest absolute Gasteiger partial charge is 0.310 e. The van der Waals surface area contributed by atoms with Crippen LogP contribution in [0.2, 0.25) is 0 Å². The van der Waals surface area contributed by atoms with E-state index >= 15 is 0 Å². The van der Waals surface area contributed by atoms with Crippen LogP contribution in [0.3, 0.4) is 0 Å². The van der Waals surface area contributed by atoms with E-state index in [1.807, 2.05) is 19.1 Å². The topological polar surface area (TPSA) is 29.1 Å². The van der Waals surface area contributed by atoms with Gasteiger partial charge in [-0.05, 0) is 25.9 Å². The summed E-state index contributed by atoms with van der Waals surface area (Å²) >= 11 is 0. The molecule has 0 spiro atoms. The minimum atomic E-state index is -2.29. The number of hydrogen-bond acceptors (Lipinski definition) is 2. The molecule has 1 aromatic carbocycles. The van der Waals surface area contributed by atoms with E-state index in [4.69, 9.17) is 4.11 Å². The van der Waals surface area contributed by atoms with Gasteiger partial charge < -0.3 is 5.32 Å². The van der Waals surface area contributed by atoms with Crippen LogP contribution in [0.25, 0.3) is 0 Å². The molecule has 1 atom stereocenters. The molecule has 2 heteroatoms. The fourth-order valence-electron chi connectivity index (χ4n) is 1.22. The van der Waals surface area contributed by atoms with Gasteiger partial charge in [0.1, 0.15) is 0 Å². The van der Waals surface area contributed by atoms with Crippen LogP contribution in [0, 0.1) is 0 Å². The molecule has 1 aromatic rings. The van der Waals surface area contributed by atoms with E-state index < -0.39 is 13.0 Å². The van der Waals surface area contributed by atoms with E-state index in [9.17, 15) is 4.79 Å². The second-order valence-electron chi connectivity index (χ2n) is 3.28. The fraction of sp³-hybridized carbons (Fsp3) is 0.417. The van der Waals surface area contributed by atoms with Crippen molar-refractivity contribution >= 4 is 5.78 Å². The first kappa shape index (κ1) is 7.18. The lowest BCUT2D eigenvalue weighted by Crippen LogP contribution is -2.30. The molecule has 1 rings (SSSR count). The van der Waals surface area contributed by atoms with Gasteiger partial charge in [-0.3, -0.25) is 4.79 Å². The molecule has 0 aliphatic carbocycles. The van der Waals surface area contributed by atoms with Crippen LogP contribution >= 0.6 is 0 Å². The number of aryl methyl sites for hydroxylation is 1. The molecule has 0 amide bonds. The highest BCUT2D eigenvalue weighted by molar-refractivity contribution is 5.99. The smallest absolute Gasteiger partial charge is 0.179 e. The Morgan fingerprint density at radius 2 is 2.14 bits per heavy atom. The molecule has 0 aliphatic rings. The minimum absolute atomic E-state index is 0.205. The van der Waals surface area contributed by atoms with E-state index in [0.29, 0.717) is 5.56 Å². The molecular formula is C12H17NO. The average molecular weight is 194 g/mol. The maximum atomic E-state index is 11.9. The maximum absolute atomic E-state index is 11.9. The molecule has 0 bridgehead atoms. The summed E-state index contributed by atoms with van der Waals surface area (Å²) in [5.74, 6) is -0.205. The van der Waals surface area contributed by atoms with Gasteiger partial charge >= 0.3 is 0 Å². The van der Waals surface area contributed by atoms with Crippen molar-refractivity contribution in [2.45, 2.75) is 26.3 Å². The number of hydrogen-bond donors (Lipinski definition) is 1. The Kier molecular flexibility index (Phi) is 2.52. The molecular weight excluding hydrogens is 174 g/mol. The van der Waals surface area contributed by atoms with Crippen molar-refractivity contribution in [2.75, 3.05) is 6.98 Å². The second kappa shape index (κ2) is 4.91. The quantitative estimate of drug-likeness (QED) is 0.743. The summed E-state index contributed by atoms with van der Waals surface area (Å²) < 4.78 is 21.2. The molecule has 0 heterocycles. The third kappa shape index (κ3) is 2.42. The summed E-state index contributed by atoms with van der Waals surface area (Å²) in [6.45, 7) is 1.30. The maximum Gasteiger partial charge on any atom is 0.179 e. The summed E-state index contributed by atoms with van der Waals surface area (Å²) in [7, 11) is 0. The second-order valence-corrected chi connectivity index (χ2v) is 3.28. The number of likely N-dealkylation sites (N-methyl/N-ethyl adjacent to an activating group) is 1. The molecule has 1 unspecified atom stereocenters. The number of nitrogens with one attached hydrogen (secondary N) is 1. The zero-order valence-corrected chi connectivity index (χ0v) is 8.50. The van der Waals surface area contributed by atoms with Gasteiger partial charge in [-0.25, -0.2) is 0 Å². The number of benzene rings is 1. The van der Waals surface area contributed by atoms with Crippen LogP contribution in [-0.4, -0.2) is 18.8 Å². The zero-order chi connectivity index (χ0) is 13.1. The third-order valence-electron chi connectivity index (χ3n) is 2.26. The third-order valence-corrected chi connectivity index (χ3v) is 2.26. The lowest BCUT2D eigenvalue weighted by atomic mass is 10.0. The predicted molar refractivity (Wildman–Crippen MR) is 58.7 cm³/mol. The molecule has 0 fully saturated rings. The van der Waals surface area contributed by atoms with Crippen LogP contribution in [0.1, 0.15) is 33.9 Å². The van der Waals surface area contributed by atoms with Gasteiger partial charge in [0.15, 0.2) is 5.78 Å². The molecule has 76 valence electrons. The van der Waals surface area contributed by atoms with Crippen molar-refractivity contribution in [1.29, 1.82) is 0 Å². The van der Waals surface area contributed by atoms with Crippen LogP contribution in [0.4, 0.5) is 0 Å². The van der Waals surface area contributed by atoms with Crippen molar-refractivity contribution in [3.05, 3.63) is 35.4 Å². The van der Waals surface area contributed by atoms with Crippen molar-refractivity contribution < 1.29 is 8.91 Å². The monoisotopic (exact) mass is 194 g/mol. The highest BCUT2D eigenvalue weighted by atomic mass is 16.1. The molecule has 1 N–H and O–H groups in total. The SMILES string of the molecule is [2H]C([2H])([2H])NC(C)C(=O)c1ccc(CC)cc1. The summed E-state index contributed by atoms with van der Waals surface area (Å²) in [5, 5.41) is 2.30. The van der Waals surface area contributed by atoms with Crippen molar-refractivity contribution in [3.8, 4) is 0 Å². The van der Waals surface area contributed by atoms with Crippen molar-refractivity contribution in [3.63, 3.8) is 0 Å². The first-order chi connectivity index (χ1) is 7.83. The van der Waals surface area contributed by atoms with Gasteiger partial charge in [-0.15, -0.1) is 0 Å². The molecule has 0 saturated carbocycles. The Balaban J connectivity index is 2.75. The van der Waals surface area contributed by atoms with E-state index in [2.05, 4.69) is 5.32 Å². The Hall–Kier alpha value is -1.15. The molecule has 0 aromatic heterocycles. The van der Waals surface area contributed by atoms with Gasteiger partial charge in [-0.2, -0.15) is 0 Å². The van der Waals surface area contributed by atoms with Crippen LogP contribution in [-0.2, 0) is 6.42 Å². The molecule has 0 aliphatic heterocycles. The summed E-state index contributed by atoms with van der Waals surface area (Å²) in [5.41, 5.74) is 1.68. The first-order valence-corrected chi connectivity index (χ1v) is 4.74. The number of carbonyl (C=O) groups is 1. The molecule has 14 heavy (non-hydrogen) atoms. The van der Waals surface area contributed by atoms with E-state index in [0.717, 1.165) is 12.0 Å². The fourth-order valence-corrected chi connectivity index (χ4v) is 1.22. The predicted octanol–water partition coefficient (Wildman–Crippen LogP) is 2.04. The lowest BCUT2D eigenvalue weighted by molar-refractivity contribution is 0.0955. The van der Waals surface area contributed by atoms with Gasteiger partial charge in [0, 0.05) is 9.68 Å². The van der Waals surface area contributed by atoms with E-state index in [1.165, 1.54) is 0 Å². The van der Waals surface area contributed by atoms with Crippen LogP contribution < -0.4 is 5.32 Å². The van der Waals surface area contributed by atoms with Gasteiger partial charge in [0.25, 0.3) is 0 Å². The van der Waals surface area contributed by atoms with Gasteiger partial charge in [0.2, 0.25) is 0 Å². The normalized spacial score (nSPS) is 16.6. The first-order valence-electron chi connectivity index (χ1n) is 6.24. The Morgan fingerprint density at radius 3 is 2.64 bits per heavy atom. The van der Waals surface area contributed by atoms with Crippen LogP contribution in [0.5, 0.6) is 0 Å². The highest BCUT2D eigenvalue weighted by Crippen LogP contribution is 2.07. The number of ketones is 1. The minimum Gasteiger partial charge on any atom is -0.310 e. The van der Waals surface area contributed by atoms with Crippen molar-refractivity contribution in [2.24, 2.45) is 0 Å². The zero-order valence-electron chi connectivity index (χ0n) is 11.5. The highest BCUT2D eigenvalue weighted by Gasteiger charge is 2.12. The number of rotatable bonds is 4. The summed E-state index contributed by atoms with van der Waals surface area (Å²) in [6, 6.07) is 6.53. The van der Waals surface area contributed by atoms with Gasteiger partial charge in [0.05, 0.1) is 6.04 Å². The summed E-state index contributed by atoms with van der Waals surface area (Å²) in [4.78, 5) is 11.9. The number of carbonyl (C=O) groups excluding carboxylic acids is 1. The standard InChI is InChI=1S/C12H17NO/c1-4-10-5-7-11(8-6-10)12(14)9(2)13-3/h5-9,13H,4H2,1-3H3/i3D3. The molecule has 2 nitrogen and oxygen atoms in total. The summed E-state index contributed by atoms with van der Waals surface area (Å²) in [6.07, 6.45) is 0.914. The Labute approximate surface area is 89.5 Å². The Bertz CT molecular complexity index is 384. The van der Waals surface area contributed by atoms with E-state index in [1.54, 1.807) is 19.1 Å². The number of Topliss-reactive ketones (excluding diaryl/α,β-unsaturated/α-hetero) is 1. The molecule has 0 radical (unpaired) electrons. The van der Waals surface area contributed by atoms with Crippen molar-refractivity contribution in [1.82, 2.24) is 5.32 Å². The van der Waals surface area contributed by atoms with Crippen LogP contribution in [0.15, 0.2) is 24.3 Å². The molecule has 0 saturated heterocycles. The van der Waals surface area contributed by atoms with Gasteiger partial charge in [-0.1, -0.05) is 31.2 Å². The lowest BCUT2D eigenvalue weighted by Gasteiger charge is -2.08. The average Bonchev–Trinajstić information content (AvgIpc) is 2.26. The Morgan fingerprint density at radius 1 is 1.50 bits per heavy atom.